The molecule has 0 aliphatic rings. The number of halogens is 1. The summed E-state index contributed by atoms with van der Waals surface area (Å²) in [5, 5.41) is 2.70. The van der Waals surface area contributed by atoms with Crippen LogP contribution in [0.25, 0.3) is 0 Å². The largest absolute Gasteiger partial charge is 0.352 e. The topological polar surface area (TPSA) is 29.1 Å². The summed E-state index contributed by atoms with van der Waals surface area (Å²) in [5.74, 6) is 0.206. The third kappa shape index (κ3) is 3.85. The van der Waals surface area contributed by atoms with E-state index in [1.807, 2.05) is 6.26 Å². The molecule has 0 spiro atoms. The molecule has 1 rings (SSSR count). The van der Waals surface area contributed by atoms with Crippen molar-refractivity contribution in [1.82, 2.24) is 5.32 Å². The second-order valence-corrected chi connectivity index (χ2v) is 4.57. The van der Waals surface area contributed by atoms with E-state index in [1.54, 1.807) is 24.8 Å². The van der Waals surface area contributed by atoms with Gasteiger partial charge in [0.1, 0.15) is 5.82 Å². The molecule has 88 valence electrons. The van der Waals surface area contributed by atoms with E-state index in [1.165, 1.54) is 12.1 Å². The highest BCUT2D eigenvalue weighted by Crippen LogP contribution is 2.09. The molecule has 0 radical (unpaired) electrons. The Hall–Kier alpha value is -1.03. The second kappa shape index (κ2) is 6.53. The predicted molar refractivity (Wildman–Crippen MR) is 66.5 cm³/mol. The Morgan fingerprint density at radius 3 is 2.88 bits per heavy atom. The van der Waals surface area contributed by atoms with Gasteiger partial charge in [-0.15, -0.1) is 0 Å². The van der Waals surface area contributed by atoms with Crippen LogP contribution >= 0.6 is 11.8 Å². The third-order valence-electron chi connectivity index (χ3n) is 2.18. The lowest BCUT2D eigenvalue weighted by Gasteiger charge is -2.06. The summed E-state index contributed by atoms with van der Waals surface area (Å²) < 4.78 is 13.4. The van der Waals surface area contributed by atoms with Gasteiger partial charge in [0.15, 0.2) is 0 Å². The Labute approximate surface area is 99.6 Å². The standard InChI is InChI=1S/C12H16FNOS/c1-9-4-5-10(11(13)8-9)12(15)14-6-3-7-16-2/h4-5,8H,3,6-7H2,1-2H3,(H,14,15). The molecule has 4 heteroatoms. The van der Waals surface area contributed by atoms with Gasteiger partial charge in [-0.2, -0.15) is 11.8 Å². The molecule has 0 aliphatic carbocycles. The second-order valence-electron chi connectivity index (χ2n) is 3.59. The fourth-order valence-electron chi connectivity index (χ4n) is 1.32. The minimum absolute atomic E-state index is 0.120. The molecule has 0 fully saturated rings. The average molecular weight is 241 g/mol. The van der Waals surface area contributed by atoms with Gasteiger partial charge in [0.2, 0.25) is 0 Å². The van der Waals surface area contributed by atoms with E-state index in [0.29, 0.717) is 6.54 Å². The normalized spacial score (nSPS) is 10.2. The molecule has 0 saturated heterocycles. The van der Waals surface area contributed by atoms with Crippen LogP contribution in [-0.4, -0.2) is 24.5 Å². The van der Waals surface area contributed by atoms with Gasteiger partial charge >= 0.3 is 0 Å². The van der Waals surface area contributed by atoms with E-state index in [4.69, 9.17) is 0 Å². The Morgan fingerprint density at radius 1 is 1.50 bits per heavy atom. The van der Waals surface area contributed by atoms with Crippen molar-refractivity contribution in [2.24, 2.45) is 0 Å². The first-order chi connectivity index (χ1) is 7.65. The van der Waals surface area contributed by atoms with E-state index in [0.717, 1.165) is 17.7 Å². The molecule has 1 N–H and O–H groups in total. The molecule has 2 nitrogen and oxygen atoms in total. The molecule has 0 aliphatic heterocycles. The van der Waals surface area contributed by atoms with E-state index in [9.17, 15) is 9.18 Å². The van der Waals surface area contributed by atoms with Crippen LogP contribution in [0, 0.1) is 12.7 Å². The van der Waals surface area contributed by atoms with Crippen LogP contribution in [0.15, 0.2) is 18.2 Å². The van der Waals surface area contributed by atoms with Gasteiger partial charge in [-0.25, -0.2) is 4.39 Å². The fourth-order valence-corrected chi connectivity index (χ4v) is 1.75. The number of hydrogen-bond acceptors (Lipinski definition) is 2. The molecule has 0 bridgehead atoms. The molecule has 1 aromatic rings. The van der Waals surface area contributed by atoms with Gasteiger partial charge in [0.25, 0.3) is 5.91 Å². The van der Waals surface area contributed by atoms with Crippen LogP contribution in [0.3, 0.4) is 0 Å². The van der Waals surface area contributed by atoms with Crippen LogP contribution < -0.4 is 5.32 Å². The van der Waals surface area contributed by atoms with Crippen molar-refractivity contribution in [3.63, 3.8) is 0 Å². The molecule has 0 atom stereocenters. The molecule has 1 amide bonds. The van der Waals surface area contributed by atoms with Crippen molar-refractivity contribution in [1.29, 1.82) is 0 Å². The minimum Gasteiger partial charge on any atom is -0.352 e. The smallest absolute Gasteiger partial charge is 0.254 e. The van der Waals surface area contributed by atoms with Gasteiger partial charge in [0, 0.05) is 6.54 Å². The Balaban J connectivity index is 2.53. The summed E-state index contributed by atoms with van der Waals surface area (Å²) in [7, 11) is 0. The van der Waals surface area contributed by atoms with Crippen LogP contribution in [0.5, 0.6) is 0 Å². The third-order valence-corrected chi connectivity index (χ3v) is 2.88. The van der Waals surface area contributed by atoms with Crippen molar-refractivity contribution < 1.29 is 9.18 Å². The Morgan fingerprint density at radius 2 is 2.25 bits per heavy atom. The zero-order chi connectivity index (χ0) is 12.0. The van der Waals surface area contributed by atoms with Crippen LogP contribution in [0.2, 0.25) is 0 Å². The number of aryl methyl sites for hydroxylation is 1. The number of carbonyl (C=O) groups is 1. The monoisotopic (exact) mass is 241 g/mol. The van der Waals surface area contributed by atoms with Crippen LogP contribution in [0.4, 0.5) is 4.39 Å². The first-order valence-corrected chi connectivity index (χ1v) is 6.58. The van der Waals surface area contributed by atoms with Crippen molar-refractivity contribution >= 4 is 17.7 Å². The van der Waals surface area contributed by atoms with Gasteiger partial charge < -0.3 is 5.32 Å². The maximum absolute atomic E-state index is 13.4. The Kier molecular flexibility index (Phi) is 5.32. The molecule has 0 heterocycles. The summed E-state index contributed by atoms with van der Waals surface area (Å²) in [4.78, 5) is 11.6. The fraction of sp³-hybridized carbons (Fsp3) is 0.417. The number of hydrogen-bond donors (Lipinski definition) is 1. The summed E-state index contributed by atoms with van der Waals surface area (Å²) in [6.07, 6.45) is 2.92. The lowest BCUT2D eigenvalue weighted by molar-refractivity contribution is 0.0950. The first-order valence-electron chi connectivity index (χ1n) is 5.18. The molecule has 16 heavy (non-hydrogen) atoms. The number of nitrogens with one attached hydrogen (secondary N) is 1. The molecular formula is C12H16FNOS. The van der Waals surface area contributed by atoms with E-state index >= 15 is 0 Å². The van der Waals surface area contributed by atoms with Gasteiger partial charge in [0.05, 0.1) is 5.56 Å². The van der Waals surface area contributed by atoms with Crippen molar-refractivity contribution in [2.45, 2.75) is 13.3 Å². The summed E-state index contributed by atoms with van der Waals surface area (Å²) in [6.45, 7) is 2.39. The van der Waals surface area contributed by atoms with Crippen molar-refractivity contribution in [3.05, 3.63) is 35.1 Å². The van der Waals surface area contributed by atoms with Gasteiger partial charge in [-0.05, 0) is 43.0 Å². The zero-order valence-electron chi connectivity index (χ0n) is 9.55. The number of thioether (sulfide) groups is 1. The van der Waals surface area contributed by atoms with E-state index in [-0.39, 0.29) is 11.5 Å². The van der Waals surface area contributed by atoms with Crippen molar-refractivity contribution in [2.75, 3.05) is 18.6 Å². The highest BCUT2D eigenvalue weighted by atomic mass is 32.2. The summed E-state index contributed by atoms with van der Waals surface area (Å²) >= 11 is 1.73. The first kappa shape index (κ1) is 13.0. The van der Waals surface area contributed by atoms with Gasteiger partial charge in [-0.1, -0.05) is 6.07 Å². The lowest BCUT2D eigenvalue weighted by atomic mass is 10.1. The lowest BCUT2D eigenvalue weighted by Crippen LogP contribution is -2.25. The van der Waals surface area contributed by atoms with E-state index < -0.39 is 5.82 Å². The maximum Gasteiger partial charge on any atom is 0.254 e. The van der Waals surface area contributed by atoms with Gasteiger partial charge in [-0.3, -0.25) is 4.79 Å². The number of rotatable bonds is 5. The number of carbonyl (C=O) groups excluding carboxylic acids is 1. The average Bonchev–Trinajstić information content (AvgIpc) is 2.24. The van der Waals surface area contributed by atoms with E-state index in [2.05, 4.69) is 5.32 Å². The SMILES string of the molecule is CSCCCNC(=O)c1ccc(C)cc1F. The minimum atomic E-state index is -0.456. The summed E-state index contributed by atoms with van der Waals surface area (Å²) in [6, 6.07) is 4.63. The highest BCUT2D eigenvalue weighted by molar-refractivity contribution is 7.98. The molecule has 0 aromatic heterocycles. The zero-order valence-corrected chi connectivity index (χ0v) is 10.4. The van der Waals surface area contributed by atoms with Crippen molar-refractivity contribution in [3.8, 4) is 0 Å². The number of amides is 1. The van der Waals surface area contributed by atoms with Crippen LogP contribution in [0.1, 0.15) is 22.3 Å². The number of benzene rings is 1. The molecule has 1 aromatic carbocycles. The van der Waals surface area contributed by atoms with Crippen LogP contribution in [-0.2, 0) is 0 Å². The molecule has 0 unspecified atom stereocenters. The Bertz CT molecular complexity index is 368. The quantitative estimate of drug-likeness (QED) is 0.803. The summed E-state index contributed by atoms with van der Waals surface area (Å²) in [5.41, 5.74) is 0.936. The molecular weight excluding hydrogens is 225 g/mol. The maximum atomic E-state index is 13.4. The predicted octanol–water partition coefficient (Wildman–Crippen LogP) is 2.62. The molecule has 0 saturated carbocycles. The highest BCUT2D eigenvalue weighted by Gasteiger charge is 2.10.